The highest BCUT2D eigenvalue weighted by molar-refractivity contribution is 7.99. The van der Waals surface area contributed by atoms with E-state index in [2.05, 4.69) is 6.58 Å². The van der Waals surface area contributed by atoms with Gasteiger partial charge in [-0.15, -0.1) is 11.8 Å². The van der Waals surface area contributed by atoms with E-state index in [0.29, 0.717) is 17.9 Å². The third-order valence-corrected chi connectivity index (χ3v) is 5.35. The molecule has 0 unspecified atom stereocenters. The standard InChI is InChI=1S/C24H26O4S/c1-5-23(25)27-12-13-29-22-11-7-10-21(19(22)4)15-18(3)24(26)28-16-20-9-6-8-17(2)14-20/h5-11,14-15H,1,12-13,16H2,2-4H3/b18-15+. The van der Waals surface area contributed by atoms with Crippen LogP contribution in [0.2, 0.25) is 0 Å². The van der Waals surface area contributed by atoms with E-state index in [1.165, 1.54) is 0 Å². The minimum absolute atomic E-state index is 0.254. The van der Waals surface area contributed by atoms with Crippen LogP contribution in [-0.4, -0.2) is 24.3 Å². The van der Waals surface area contributed by atoms with Crippen LogP contribution in [-0.2, 0) is 25.7 Å². The largest absolute Gasteiger partial charge is 0.462 e. The average molecular weight is 411 g/mol. The van der Waals surface area contributed by atoms with Gasteiger partial charge in [0.05, 0.1) is 0 Å². The number of hydrogen-bond donors (Lipinski definition) is 0. The van der Waals surface area contributed by atoms with Gasteiger partial charge in [0.2, 0.25) is 0 Å². The Morgan fingerprint density at radius 1 is 1.10 bits per heavy atom. The molecule has 152 valence electrons. The second kappa shape index (κ2) is 11.3. The van der Waals surface area contributed by atoms with Gasteiger partial charge >= 0.3 is 11.9 Å². The Morgan fingerprint density at radius 2 is 1.86 bits per heavy atom. The summed E-state index contributed by atoms with van der Waals surface area (Å²) in [4.78, 5) is 24.5. The first kappa shape index (κ1) is 22.5. The van der Waals surface area contributed by atoms with Crippen molar-refractivity contribution in [2.45, 2.75) is 32.3 Å². The first-order chi connectivity index (χ1) is 13.9. The Bertz CT molecular complexity index is 915. The number of carbonyl (C=O) groups is 2. The molecule has 0 amide bonds. The number of ether oxygens (including phenoxy) is 2. The SMILES string of the molecule is C=CC(=O)OCCSc1cccc(/C=C(\C)C(=O)OCc2cccc(C)c2)c1C. The van der Waals surface area contributed by atoms with Crippen LogP contribution in [0.15, 0.2) is 65.6 Å². The van der Waals surface area contributed by atoms with Crippen molar-refractivity contribution in [3.05, 3.63) is 82.9 Å². The minimum atomic E-state index is -0.418. The molecule has 2 aromatic rings. The van der Waals surface area contributed by atoms with Crippen LogP contribution in [0.5, 0.6) is 0 Å². The van der Waals surface area contributed by atoms with Gasteiger partial charge in [0.15, 0.2) is 0 Å². The van der Waals surface area contributed by atoms with E-state index in [0.717, 1.165) is 33.2 Å². The molecule has 0 spiro atoms. The number of carbonyl (C=O) groups excluding carboxylic acids is 2. The zero-order chi connectivity index (χ0) is 21.2. The molecule has 0 aliphatic rings. The van der Waals surface area contributed by atoms with E-state index < -0.39 is 5.97 Å². The molecular formula is C24H26O4S. The van der Waals surface area contributed by atoms with Crippen LogP contribution >= 0.6 is 11.8 Å². The van der Waals surface area contributed by atoms with Crippen molar-refractivity contribution in [1.29, 1.82) is 0 Å². The zero-order valence-corrected chi connectivity index (χ0v) is 17.9. The Hall–Kier alpha value is -2.79. The molecule has 0 fully saturated rings. The highest BCUT2D eigenvalue weighted by Crippen LogP contribution is 2.26. The molecule has 2 rings (SSSR count). The first-order valence-electron chi connectivity index (χ1n) is 9.33. The molecular weight excluding hydrogens is 384 g/mol. The molecule has 0 aliphatic carbocycles. The van der Waals surface area contributed by atoms with Crippen molar-refractivity contribution in [2.24, 2.45) is 0 Å². The topological polar surface area (TPSA) is 52.6 Å². The highest BCUT2D eigenvalue weighted by atomic mass is 32.2. The van der Waals surface area contributed by atoms with Gasteiger partial charge in [0.25, 0.3) is 0 Å². The number of rotatable bonds is 9. The Kier molecular flexibility index (Phi) is 8.74. The molecule has 0 atom stereocenters. The van der Waals surface area contributed by atoms with Gasteiger partial charge in [0.1, 0.15) is 13.2 Å². The monoisotopic (exact) mass is 410 g/mol. The highest BCUT2D eigenvalue weighted by Gasteiger charge is 2.09. The van der Waals surface area contributed by atoms with Gasteiger partial charge in [0, 0.05) is 22.3 Å². The lowest BCUT2D eigenvalue weighted by atomic mass is 10.1. The summed E-state index contributed by atoms with van der Waals surface area (Å²) in [6.45, 7) is 9.72. The fraction of sp³-hybridized carbons (Fsp3) is 0.250. The van der Waals surface area contributed by atoms with Crippen molar-refractivity contribution in [2.75, 3.05) is 12.4 Å². The molecule has 0 radical (unpaired) electrons. The van der Waals surface area contributed by atoms with Crippen molar-refractivity contribution < 1.29 is 19.1 Å². The van der Waals surface area contributed by atoms with Gasteiger partial charge in [-0.2, -0.15) is 0 Å². The Labute approximate surface area is 176 Å². The lowest BCUT2D eigenvalue weighted by molar-refractivity contribution is -0.140. The van der Waals surface area contributed by atoms with Crippen molar-refractivity contribution in [3.63, 3.8) is 0 Å². The van der Waals surface area contributed by atoms with Crippen LogP contribution in [0, 0.1) is 13.8 Å². The summed E-state index contributed by atoms with van der Waals surface area (Å²) in [5, 5.41) is 0. The van der Waals surface area contributed by atoms with Crippen molar-refractivity contribution in [3.8, 4) is 0 Å². The fourth-order valence-electron chi connectivity index (χ4n) is 2.65. The van der Waals surface area contributed by atoms with Crippen LogP contribution in [0.1, 0.15) is 29.2 Å². The fourth-order valence-corrected chi connectivity index (χ4v) is 3.55. The van der Waals surface area contributed by atoms with Gasteiger partial charge < -0.3 is 9.47 Å². The summed E-state index contributed by atoms with van der Waals surface area (Å²) in [6, 6.07) is 13.8. The quantitative estimate of drug-likeness (QED) is 0.244. The minimum Gasteiger partial charge on any atom is -0.462 e. The first-order valence-corrected chi connectivity index (χ1v) is 10.3. The molecule has 0 aromatic heterocycles. The molecule has 0 heterocycles. The van der Waals surface area contributed by atoms with Crippen molar-refractivity contribution >= 4 is 29.8 Å². The van der Waals surface area contributed by atoms with Crippen molar-refractivity contribution in [1.82, 2.24) is 0 Å². The van der Waals surface area contributed by atoms with Gasteiger partial charge in [-0.25, -0.2) is 9.59 Å². The zero-order valence-electron chi connectivity index (χ0n) is 17.1. The number of hydrogen-bond acceptors (Lipinski definition) is 5. The molecule has 0 N–H and O–H groups in total. The molecule has 0 saturated carbocycles. The predicted octanol–water partition coefficient (Wildman–Crippen LogP) is 5.27. The Balaban J connectivity index is 1.97. The normalized spacial score (nSPS) is 11.1. The Morgan fingerprint density at radius 3 is 2.59 bits per heavy atom. The predicted molar refractivity (Wildman–Crippen MR) is 118 cm³/mol. The number of aryl methyl sites for hydroxylation is 1. The molecule has 4 nitrogen and oxygen atoms in total. The van der Waals surface area contributed by atoms with E-state index in [4.69, 9.17) is 9.47 Å². The van der Waals surface area contributed by atoms with Crippen LogP contribution in [0.4, 0.5) is 0 Å². The van der Waals surface area contributed by atoms with Crippen LogP contribution in [0.3, 0.4) is 0 Å². The maximum Gasteiger partial charge on any atom is 0.334 e. The maximum absolute atomic E-state index is 12.4. The number of thioether (sulfide) groups is 1. The molecule has 2 aromatic carbocycles. The molecule has 5 heteroatoms. The van der Waals surface area contributed by atoms with E-state index >= 15 is 0 Å². The second-order valence-corrected chi connectivity index (χ2v) is 7.72. The second-order valence-electron chi connectivity index (χ2n) is 6.58. The van der Waals surface area contributed by atoms with Gasteiger partial charge in [-0.3, -0.25) is 0 Å². The summed E-state index contributed by atoms with van der Waals surface area (Å²) in [7, 11) is 0. The summed E-state index contributed by atoms with van der Waals surface area (Å²) in [5.74, 6) is -0.107. The van der Waals surface area contributed by atoms with E-state index in [9.17, 15) is 9.59 Å². The molecule has 29 heavy (non-hydrogen) atoms. The third-order valence-electron chi connectivity index (χ3n) is 4.22. The number of benzene rings is 2. The molecule has 0 aliphatic heterocycles. The maximum atomic E-state index is 12.4. The average Bonchev–Trinajstić information content (AvgIpc) is 2.71. The molecule has 0 bridgehead atoms. The third kappa shape index (κ3) is 7.27. The van der Waals surface area contributed by atoms with Gasteiger partial charge in [-0.05, 0) is 49.6 Å². The summed E-state index contributed by atoms with van der Waals surface area (Å²) in [5.41, 5.74) is 4.68. The van der Waals surface area contributed by atoms with E-state index in [-0.39, 0.29) is 12.6 Å². The van der Waals surface area contributed by atoms with Gasteiger partial charge in [-0.1, -0.05) is 48.5 Å². The van der Waals surface area contributed by atoms with Crippen LogP contribution in [0.25, 0.3) is 6.08 Å². The summed E-state index contributed by atoms with van der Waals surface area (Å²) in [6.07, 6.45) is 3.00. The lowest BCUT2D eigenvalue weighted by Gasteiger charge is -2.10. The summed E-state index contributed by atoms with van der Waals surface area (Å²) < 4.78 is 10.4. The van der Waals surface area contributed by atoms with E-state index in [1.54, 1.807) is 18.7 Å². The van der Waals surface area contributed by atoms with E-state index in [1.807, 2.05) is 62.4 Å². The van der Waals surface area contributed by atoms with Crippen LogP contribution < -0.4 is 0 Å². The molecule has 0 saturated heterocycles. The summed E-state index contributed by atoms with van der Waals surface area (Å²) >= 11 is 1.60. The lowest BCUT2D eigenvalue weighted by Crippen LogP contribution is -2.06. The number of esters is 2. The smallest absolute Gasteiger partial charge is 0.334 e.